The number of nitrogens with one attached hydrogen (secondary N) is 1. The van der Waals surface area contributed by atoms with Crippen LogP contribution >= 0.6 is 0 Å². The Morgan fingerprint density at radius 3 is 2.50 bits per heavy atom. The van der Waals surface area contributed by atoms with Crippen LogP contribution in [0.15, 0.2) is 85.3 Å². The van der Waals surface area contributed by atoms with Crippen molar-refractivity contribution in [3.05, 3.63) is 96.7 Å². The first-order chi connectivity index (χ1) is 14.8. The van der Waals surface area contributed by atoms with Gasteiger partial charge in [-0.05, 0) is 42.5 Å². The molecule has 0 atom stereocenters. The number of H-pyrrole nitrogens is 1. The molecular formula is C24H16N6. The first-order valence-corrected chi connectivity index (χ1v) is 9.44. The third-order valence-electron chi connectivity index (χ3n) is 4.78. The third kappa shape index (κ3) is 3.25. The van der Waals surface area contributed by atoms with Crippen LogP contribution in [0.25, 0.3) is 39.6 Å². The average Bonchev–Trinajstić information content (AvgIpc) is 3.43. The van der Waals surface area contributed by atoms with Crippen molar-refractivity contribution >= 4 is 22.7 Å². The number of imidazole rings is 1. The molecule has 6 heteroatoms. The summed E-state index contributed by atoms with van der Waals surface area (Å²) in [6, 6.07) is 23.7. The summed E-state index contributed by atoms with van der Waals surface area (Å²) in [6.07, 6.45) is 7.20. The largest absolute Gasteiger partial charge is 0.337 e. The van der Waals surface area contributed by atoms with Crippen LogP contribution in [-0.2, 0) is 0 Å². The van der Waals surface area contributed by atoms with Gasteiger partial charge in [-0.3, -0.25) is 4.98 Å². The van der Waals surface area contributed by atoms with Crippen molar-refractivity contribution in [3.63, 3.8) is 0 Å². The second-order valence-corrected chi connectivity index (χ2v) is 6.72. The van der Waals surface area contributed by atoms with Gasteiger partial charge in [-0.2, -0.15) is 10.4 Å². The highest BCUT2D eigenvalue weighted by Crippen LogP contribution is 2.27. The predicted octanol–water partition coefficient (Wildman–Crippen LogP) is 4.87. The monoisotopic (exact) mass is 388 g/mol. The van der Waals surface area contributed by atoms with Gasteiger partial charge in [-0.25, -0.2) is 9.67 Å². The lowest BCUT2D eigenvalue weighted by molar-refractivity contribution is 0.884. The molecule has 0 bridgehead atoms. The van der Waals surface area contributed by atoms with Gasteiger partial charge in [0, 0.05) is 29.7 Å². The molecule has 1 N–H and O–H groups in total. The van der Waals surface area contributed by atoms with Crippen LogP contribution in [0.1, 0.15) is 11.4 Å². The van der Waals surface area contributed by atoms with Gasteiger partial charge in [-0.1, -0.05) is 30.3 Å². The smallest absolute Gasteiger partial charge is 0.149 e. The van der Waals surface area contributed by atoms with Crippen LogP contribution in [0.4, 0.5) is 0 Å². The Bertz CT molecular complexity index is 1360. The number of para-hydroxylation sites is 3. The van der Waals surface area contributed by atoms with Gasteiger partial charge in [0.15, 0.2) is 0 Å². The Morgan fingerprint density at radius 1 is 0.967 bits per heavy atom. The van der Waals surface area contributed by atoms with Crippen molar-refractivity contribution in [1.29, 1.82) is 5.26 Å². The first kappa shape index (κ1) is 17.6. The highest BCUT2D eigenvalue weighted by Gasteiger charge is 2.14. The Hall–Kier alpha value is -4.50. The average molecular weight is 388 g/mol. The van der Waals surface area contributed by atoms with Gasteiger partial charge in [0.1, 0.15) is 17.6 Å². The molecule has 0 saturated heterocycles. The number of aromatic nitrogens is 5. The zero-order valence-electron chi connectivity index (χ0n) is 15.9. The molecule has 5 aromatic rings. The second-order valence-electron chi connectivity index (χ2n) is 6.72. The molecule has 0 unspecified atom stereocenters. The van der Waals surface area contributed by atoms with Crippen molar-refractivity contribution in [1.82, 2.24) is 24.7 Å². The first-order valence-electron chi connectivity index (χ1n) is 9.44. The molecular weight excluding hydrogens is 372 g/mol. The number of nitrogens with zero attached hydrogens (tertiary/aromatic N) is 5. The number of benzene rings is 2. The van der Waals surface area contributed by atoms with Gasteiger partial charge in [0.25, 0.3) is 0 Å². The number of hydrogen-bond acceptors (Lipinski definition) is 4. The van der Waals surface area contributed by atoms with Gasteiger partial charge in [0.05, 0.1) is 22.3 Å². The van der Waals surface area contributed by atoms with E-state index in [0.717, 1.165) is 33.5 Å². The Morgan fingerprint density at radius 2 is 1.73 bits per heavy atom. The van der Waals surface area contributed by atoms with E-state index in [4.69, 9.17) is 5.10 Å². The quantitative estimate of drug-likeness (QED) is 0.445. The zero-order valence-corrected chi connectivity index (χ0v) is 15.9. The molecule has 0 radical (unpaired) electrons. The molecule has 0 aliphatic heterocycles. The van der Waals surface area contributed by atoms with E-state index >= 15 is 0 Å². The van der Waals surface area contributed by atoms with Crippen LogP contribution in [0.5, 0.6) is 0 Å². The van der Waals surface area contributed by atoms with E-state index in [1.807, 2.05) is 83.7 Å². The molecule has 3 aromatic heterocycles. The summed E-state index contributed by atoms with van der Waals surface area (Å²) in [7, 11) is 0. The van der Waals surface area contributed by atoms with Crippen molar-refractivity contribution in [3.8, 4) is 23.0 Å². The van der Waals surface area contributed by atoms with E-state index < -0.39 is 0 Å². The molecule has 30 heavy (non-hydrogen) atoms. The van der Waals surface area contributed by atoms with Crippen LogP contribution < -0.4 is 0 Å². The molecule has 3 heterocycles. The summed E-state index contributed by atoms with van der Waals surface area (Å²) in [4.78, 5) is 11.9. The van der Waals surface area contributed by atoms with Crippen LogP contribution in [-0.4, -0.2) is 24.7 Å². The lowest BCUT2D eigenvalue weighted by Crippen LogP contribution is -1.93. The summed E-state index contributed by atoms with van der Waals surface area (Å²) in [5.41, 5.74) is 5.61. The number of fused-ring (bicyclic) bond motifs is 1. The fourth-order valence-electron chi connectivity index (χ4n) is 3.33. The Labute approximate surface area is 172 Å². The maximum Gasteiger partial charge on any atom is 0.149 e. The van der Waals surface area contributed by atoms with E-state index in [-0.39, 0.29) is 0 Å². The Kier molecular flexibility index (Phi) is 4.39. The lowest BCUT2D eigenvalue weighted by Gasteiger charge is -2.00. The zero-order chi connectivity index (χ0) is 20.3. The highest BCUT2D eigenvalue weighted by atomic mass is 15.3. The maximum atomic E-state index is 9.84. The second kappa shape index (κ2) is 7.49. The Balaban J connectivity index is 1.66. The van der Waals surface area contributed by atoms with E-state index in [1.165, 1.54) is 0 Å². The fourth-order valence-corrected chi connectivity index (χ4v) is 3.33. The van der Waals surface area contributed by atoms with Crippen LogP contribution in [0, 0.1) is 11.3 Å². The van der Waals surface area contributed by atoms with Gasteiger partial charge in [0.2, 0.25) is 0 Å². The normalized spacial score (nSPS) is 11.5. The molecule has 0 aliphatic carbocycles. The number of nitriles is 1. The number of pyridine rings is 1. The standard InChI is InChI=1S/C24H16N6/c25-15-18(24-27-21-8-4-5-9-22(21)28-24)14-19-16-30(20-6-2-1-3-7-20)29-23(19)17-10-12-26-13-11-17/h1-14,16H,(H,27,28)/b18-14-. The van der Waals surface area contributed by atoms with Crippen LogP contribution in [0.2, 0.25) is 0 Å². The predicted molar refractivity (Wildman–Crippen MR) is 116 cm³/mol. The fraction of sp³-hybridized carbons (Fsp3) is 0. The van der Waals surface area contributed by atoms with Crippen molar-refractivity contribution in [2.45, 2.75) is 0 Å². The highest BCUT2D eigenvalue weighted by molar-refractivity contribution is 5.92. The topological polar surface area (TPSA) is 83.2 Å². The van der Waals surface area contributed by atoms with Gasteiger partial charge < -0.3 is 4.98 Å². The molecule has 2 aromatic carbocycles. The minimum absolute atomic E-state index is 0.439. The van der Waals surface area contributed by atoms with Crippen molar-refractivity contribution in [2.24, 2.45) is 0 Å². The van der Waals surface area contributed by atoms with Gasteiger partial charge in [-0.15, -0.1) is 0 Å². The van der Waals surface area contributed by atoms with E-state index in [9.17, 15) is 5.26 Å². The van der Waals surface area contributed by atoms with Crippen LogP contribution in [0.3, 0.4) is 0 Å². The molecule has 0 spiro atoms. The number of hydrogen-bond donors (Lipinski definition) is 1. The lowest BCUT2D eigenvalue weighted by atomic mass is 10.1. The molecule has 0 saturated carbocycles. The summed E-state index contributed by atoms with van der Waals surface area (Å²) in [5, 5.41) is 14.6. The molecule has 5 rings (SSSR count). The number of allylic oxidation sites excluding steroid dienone is 1. The van der Waals surface area contributed by atoms with Crippen molar-refractivity contribution in [2.75, 3.05) is 0 Å². The molecule has 142 valence electrons. The maximum absolute atomic E-state index is 9.84. The number of aromatic amines is 1. The van der Waals surface area contributed by atoms with E-state index in [0.29, 0.717) is 11.4 Å². The summed E-state index contributed by atoms with van der Waals surface area (Å²) < 4.78 is 1.81. The van der Waals surface area contributed by atoms with Crippen molar-refractivity contribution < 1.29 is 0 Å². The summed E-state index contributed by atoms with van der Waals surface area (Å²) >= 11 is 0. The van der Waals surface area contributed by atoms with Gasteiger partial charge >= 0.3 is 0 Å². The molecule has 0 amide bonds. The minimum atomic E-state index is 0.439. The minimum Gasteiger partial charge on any atom is -0.337 e. The SMILES string of the molecule is N#C/C(=C/c1cn(-c2ccccc2)nc1-c1ccncc1)c1nc2ccccc2[nH]1. The molecule has 0 aliphatic rings. The van der Waals surface area contributed by atoms with E-state index in [2.05, 4.69) is 21.0 Å². The summed E-state index contributed by atoms with van der Waals surface area (Å²) in [5.74, 6) is 0.534. The molecule has 6 nitrogen and oxygen atoms in total. The van der Waals surface area contributed by atoms with E-state index in [1.54, 1.807) is 12.4 Å². The third-order valence-corrected chi connectivity index (χ3v) is 4.78. The summed E-state index contributed by atoms with van der Waals surface area (Å²) in [6.45, 7) is 0. The number of rotatable bonds is 4. The molecule has 0 fully saturated rings.